The Morgan fingerprint density at radius 2 is 2.00 bits per heavy atom. The Kier molecular flexibility index (Phi) is 6.02. The molecule has 2 heteroatoms. The lowest BCUT2D eigenvalue weighted by Crippen LogP contribution is -2.53. The first-order valence-electron chi connectivity index (χ1n) is 6.98. The molecule has 2 nitrogen and oxygen atoms in total. The van der Waals surface area contributed by atoms with E-state index in [4.69, 9.17) is 5.73 Å². The summed E-state index contributed by atoms with van der Waals surface area (Å²) >= 11 is 0. The molecule has 3 N–H and O–H groups in total. The van der Waals surface area contributed by atoms with Crippen molar-refractivity contribution in [2.75, 3.05) is 13.1 Å². The Hall–Kier alpha value is -0.520. The molecule has 0 spiro atoms. The second-order valence-corrected chi connectivity index (χ2v) is 5.67. The Labute approximate surface area is 107 Å². The summed E-state index contributed by atoms with van der Waals surface area (Å²) in [5.41, 5.74) is 6.17. The minimum Gasteiger partial charge on any atom is -0.329 e. The van der Waals surface area contributed by atoms with Crippen molar-refractivity contribution in [1.82, 2.24) is 5.32 Å². The van der Waals surface area contributed by atoms with Crippen LogP contribution in [0.5, 0.6) is 0 Å². The fourth-order valence-corrected chi connectivity index (χ4v) is 2.83. The minimum absolute atomic E-state index is 0.195. The van der Waals surface area contributed by atoms with E-state index in [9.17, 15) is 0 Å². The summed E-state index contributed by atoms with van der Waals surface area (Å²) in [7, 11) is 0. The van der Waals surface area contributed by atoms with Gasteiger partial charge in [0.2, 0.25) is 0 Å². The highest BCUT2D eigenvalue weighted by atomic mass is 15.0. The van der Waals surface area contributed by atoms with E-state index in [0.29, 0.717) is 0 Å². The zero-order chi connectivity index (χ0) is 12.7. The van der Waals surface area contributed by atoms with Crippen LogP contribution in [0.2, 0.25) is 0 Å². The first-order valence-corrected chi connectivity index (χ1v) is 6.98. The molecule has 0 bridgehead atoms. The summed E-state index contributed by atoms with van der Waals surface area (Å²) in [6.45, 7) is 8.31. The first kappa shape index (κ1) is 14.5. The van der Waals surface area contributed by atoms with Gasteiger partial charge in [0, 0.05) is 25.0 Å². The number of hydrogen-bond donors (Lipinski definition) is 2. The maximum absolute atomic E-state index is 5.98. The molecule has 0 amide bonds. The van der Waals surface area contributed by atoms with E-state index in [0.717, 1.165) is 31.3 Å². The molecule has 1 saturated carbocycles. The molecular weight excluding hydrogens is 208 g/mol. The van der Waals surface area contributed by atoms with Crippen LogP contribution in [0.15, 0.2) is 0 Å². The van der Waals surface area contributed by atoms with Crippen molar-refractivity contribution in [1.29, 1.82) is 0 Å². The van der Waals surface area contributed by atoms with E-state index < -0.39 is 0 Å². The second kappa shape index (κ2) is 7.03. The highest BCUT2D eigenvalue weighted by Gasteiger charge is 2.34. The molecule has 1 aliphatic carbocycles. The Morgan fingerprint density at radius 3 is 2.47 bits per heavy atom. The van der Waals surface area contributed by atoms with Crippen LogP contribution in [0.3, 0.4) is 0 Å². The smallest absolute Gasteiger partial charge is 0.0304 e. The molecule has 0 heterocycles. The van der Waals surface area contributed by atoms with Crippen molar-refractivity contribution in [2.24, 2.45) is 17.6 Å². The highest BCUT2D eigenvalue weighted by Crippen LogP contribution is 2.35. The topological polar surface area (TPSA) is 38.0 Å². The lowest BCUT2D eigenvalue weighted by atomic mass is 9.73. The van der Waals surface area contributed by atoms with Gasteiger partial charge < -0.3 is 11.1 Å². The second-order valence-electron chi connectivity index (χ2n) is 5.67. The van der Waals surface area contributed by atoms with Gasteiger partial charge in [0.05, 0.1) is 0 Å². The van der Waals surface area contributed by atoms with E-state index in [1.165, 1.54) is 25.7 Å². The van der Waals surface area contributed by atoms with E-state index in [1.807, 2.05) is 6.92 Å². The van der Waals surface area contributed by atoms with Gasteiger partial charge in [-0.05, 0) is 44.4 Å². The van der Waals surface area contributed by atoms with Gasteiger partial charge in [0.15, 0.2) is 0 Å². The largest absolute Gasteiger partial charge is 0.329 e. The summed E-state index contributed by atoms with van der Waals surface area (Å²) in [5, 5.41) is 3.65. The van der Waals surface area contributed by atoms with Crippen LogP contribution in [0, 0.1) is 23.7 Å². The number of hydrogen-bond acceptors (Lipinski definition) is 2. The van der Waals surface area contributed by atoms with E-state index in [1.54, 1.807) is 0 Å². The van der Waals surface area contributed by atoms with Crippen LogP contribution in [-0.2, 0) is 0 Å². The Morgan fingerprint density at radius 1 is 1.35 bits per heavy atom. The molecule has 1 rings (SSSR count). The third-order valence-electron chi connectivity index (χ3n) is 4.25. The number of nitrogens with one attached hydrogen (secondary N) is 1. The fourth-order valence-electron chi connectivity index (χ4n) is 2.83. The lowest BCUT2D eigenvalue weighted by molar-refractivity contribution is 0.167. The third kappa shape index (κ3) is 4.33. The van der Waals surface area contributed by atoms with Crippen molar-refractivity contribution in [3.05, 3.63) is 0 Å². The molecule has 0 atom stereocenters. The van der Waals surface area contributed by atoms with Crippen LogP contribution in [0.1, 0.15) is 52.9 Å². The fraction of sp³-hybridized carbons (Fsp3) is 0.867. The third-order valence-corrected chi connectivity index (χ3v) is 4.25. The summed E-state index contributed by atoms with van der Waals surface area (Å²) in [4.78, 5) is 0. The minimum atomic E-state index is 0.195. The standard InChI is InChI=1S/C15H28N2/c1-4-5-6-11-17-15(12-16)9-7-14(8-10-15)13(2)3/h13-14,17H,6-12,16H2,1-3H3. The van der Waals surface area contributed by atoms with Crippen LogP contribution >= 0.6 is 0 Å². The molecule has 0 aromatic heterocycles. The van der Waals surface area contributed by atoms with Gasteiger partial charge in [-0.1, -0.05) is 13.8 Å². The summed E-state index contributed by atoms with van der Waals surface area (Å²) in [5.74, 6) is 7.75. The van der Waals surface area contributed by atoms with Crippen molar-refractivity contribution in [2.45, 2.75) is 58.4 Å². The maximum atomic E-state index is 5.98. The molecular formula is C15H28N2. The maximum Gasteiger partial charge on any atom is 0.0304 e. The van der Waals surface area contributed by atoms with Gasteiger partial charge in [-0.2, -0.15) is 0 Å². The van der Waals surface area contributed by atoms with Crippen LogP contribution in [0.4, 0.5) is 0 Å². The molecule has 1 aliphatic rings. The van der Waals surface area contributed by atoms with Crippen molar-refractivity contribution < 1.29 is 0 Å². The van der Waals surface area contributed by atoms with Gasteiger partial charge in [-0.3, -0.25) is 0 Å². The molecule has 1 fully saturated rings. The van der Waals surface area contributed by atoms with Gasteiger partial charge in [-0.25, -0.2) is 0 Å². The summed E-state index contributed by atoms with van der Waals surface area (Å²) < 4.78 is 0. The average molecular weight is 236 g/mol. The lowest BCUT2D eigenvalue weighted by Gasteiger charge is -2.41. The molecule has 98 valence electrons. The van der Waals surface area contributed by atoms with Crippen LogP contribution < -0.4 is 11.1 Å². The monoisotopic (exact) mass is 236 g/mol. The zero-order valence-corrected chi connectivity index (χ0v) is 11.7. The predicted molar refractivity (Wildman–Crippen MR) is 74.7 cm³/mol. The molecule has 0 aromatic rings. The summed E-state index contributed by atoms with van der Waals surface area (Å²) in [6.07, 6.45) is 6.03. The van der Waals surface area contributed by atoms with Crippen LogP contribution in [0.25, 0.3) is 0 Å². The van der Waals surface area contributed by atoms with Crippen molar-refractivity contribution in [3.63, 3.8) is 0 Å². The Balaban J connectivity index is 2.40. The molecule has 0 aromatic carbocycles. The van der Waals surface area contributed by atoms with E-state index in [2.05, 4.69) is 31.0 Å². The van der Waals surface area contributed by atoms with E-state index >= 15 is 0 Å². The SMILES string of the molecule is CC#CCCNC1(CN)CCC(C(C)C)CC1. The van der Waals surface area contributed by atoms with Gasteiger partial charge >= 0.3 is 0 Å². The van der Waals surface area contributed by atoms with Gasteiger partial charge in [0.1, 0.15) is 0 Å². The normalized spacial score (nSPS) is 28.9. The molecule has 0 saturated heterocycles. The average Bonchev–Trinajstić information content (AvgIpc) is 2.35. The van der Waals surface area contributed by atoms with Crippen molar-refractivity contribution in [3.8, 4) is 11.8 Å². The molecule has 0 radical (unpaired) electrons. The van der Waals surface area contributed by atoms with Gasteiger partial charge in [-0.15, -0.1) is 11.8 Å². The van der Waals surface area contributed by atoms with Crippen molar-refractivity contribution >= 4 is 0 Å². The van der Waals surface area contributed by atoms with Gasteiger partial charge in [0.25, 0.3) is 0 Å². The molecule has 0 unspecified atom stereocenters. The molecule has 17 heavy (non-hydrogen) atoms. The summed E-state index contributed by atoms with van der Waals surface area (Å²) in [6, 6.07) is 0. The predicted octanol–water partition coefficient (Wildman–Crippen LogP) is 2.53. The number of rotatable bonds is 5. The first-order chi connectivity index (χ1) is 8.13. The quantitative estimate of drug-likeness (QED) is 0.568. The van der Waals surface area contributed by atoms with Crippen LogP contribution in [-0.4, -0.2) is 18.6 Å². The zero-order valence-electron chi connectivity index (χ0n) is 11.7. The van der Waals surface area contributed by atoms with E-state index in [-0.39, 0.29) is 5.54 Å². The molecule has 0 aliphatic heterocycles. The number of nitrogens with two attached hydrogens (primary N) is 1. The Bertz CT molecular complexity index is 264. The highest BCUT2D eigenvalue weighted by molar-refractivity contribution is 4.98.